The van der Waals surface area contributed by atoms with Crippen LogP contribution in [0.4, 0.5) is 0 Å². The molecule has 6 nitrogen and oxygen atoms in total. The molecule has 0 spiro atoms. The van der Waals surface area contributed by atoms with Gasteiger partial charge in [-0.1, -0.05) is 42.8 Å². The molecule has 0 atom stereocenters. The van der Waals surface area contributed by atoms with Crippen LogP contribution >= 0.6 is 12.2 Å². The molecule has 0 aliphatic rings. The Labute approximate surface area is 193 Å². The Bertz CT molecular complexity index is 1170. The third-order valence-electron chi connectivity index (χ3n) is 5.34. The lowest BCUT2D eigenvalue weighted by molar-refractivity contribution is -0.121. The number of carbonyl (C=O) groups is 1. The van der Waals surface area contributed by atoms with Crippen molar-refractivity contribution in [1.82, 2.24) is 14.9 Å². The van der Waals surface area contributed by atoms with Gasteiger partial charge in [-0.15, -0.1) is 0 Å². The average molecular weight is 454 g/mol. The minimum Gasteiger partial charge on any atom is -0.374 e. The summed E-state index contributed by atoms with van der Waals surface area (Å²) in [6.07, 6.45) is 3.03. The zero-order valence-electron chi connectivity index (χ0n) is 18.7. The van der Waals surface area contributed by atoms with E-state index in [4.69, 9.17) is 17.0 Å². The molecule has 170 valence electrons. The van der Waals surface area contributed by atoms with E-state index in [1.807, 2.05) is 56.3 Å². The number of aromatic nitrogens is 2. The molecule has 0 radical (unpaired) electrons. The Balaban J connectivity index is 1.42. The summed E-state index contributed by atoms with van der Waals surface area (Å²) >= 11 is 5.35. The van der Waals surface area contributed by atoms with Crippen molar-refractivity contribution in [3.8, 4) is 0 Å². The molecule has 0 unspecified atom stereocenters. The SMILES string of the molecule is CC(C)OCc1ccccc1CNC(=O)CCCCCn1c(=S)[nH]c2ccccc2c1=O. The Kier molecular flexibility index (Phi) is 8.76. The van der Waals surface area contributed by atoms with Gasteiger partial charge in [-0.3, -0.25) is 14.2 Å². The Hall–Kier alpha value is -2.77. The number of rotatable bonds is 11. The van der Waals surface area contributed by atoms with Gasteiger partial charge in [-0.25, -0.2) is 0 Å². The zero-order valence-corrected chi connectivity index (χ0v) is 19.5. The average Bonchev–Trinajstić information content (AvgIpc) is 2.78. The molecule has 1 heterocycles. The number of unbranched alkanes of at least 4 members (excludes halogenated alkanes) is 2. The number of hydrogen-bond donors (Lipinski definition) is 2. The molecule has 2 N–H and O–H groups in total. The molecule has 2 aromatic carbocycles. The van der Waals surface area contributed by atoms with Crippen LogP contribution in [-0.2, 0) is 29.2 Å². The van der Waals surface area contributed by atoms with Crippen molar-refractivity contribution < 1.29 is 9.53 Å². The molecule has 0 fully saturated rings. The molecule has 7 heteroatoms. The highest BCUT2D eigenvalue weighted by Crippen LogP contribution is 2.12. The van der Waals surface area contributed by atoms with Gasteiger partial charge in [0.25, 0.3) is 5.56 Å². The third-order valence-corrected chi connectivity index (χ3v) is 5.66. The number of aromatic amines is 1. The molecule has 0 bridgehead atoms. The van der Waals surface area contributed by atoms with E-state index in [9.17, 15) is 9.59 Å². The highest BCUT2D eigenvalue weighted by atomic mass is 32.1. The second-order valence-electron chi connectivity index (χ2n) is 8.15. The molecule has 1 amide bonds. The van der Waals surface area contributed by atoms with Crippen LogP contribution in [0, 0.1) is 4.77 Å². The third kappa shape index (κ3) is 6.61. The van der Waals surface area contributed by atoms with Crippen molar-refractivity contribution >= 4 is 29.0 Å². The van der Waals surface area contributed by atoms with E-state index in [0.717, 1.165) is 35.9 Å². The normalized spacial score (nSPS) is 11.2. The van der Waals surface area contributed by atoms with E-state index >= 15 is 0 Å². The number of H-pyrrole nitrogens is 1. The Morgan fingerprint density at radius 2 is 1.78 bits per heavy atom. The highest BCUT2D eigenvalue weighted by Gasteiger charge is 2.07. The molecule has 1 aromatic heterocycles. The number of benzene rings is 2. The molecule has 0 aliphatic carbocycles. The first-order chi connectivity index (χ1) is 15.5. The van der Waals surface area contributed by atoms with Gasteiger partial charge in [-0.2, -0.15) is 0 Å². The van der Waals surface area contributed by atoms with E-state index in [-0.39, 0.29) is 17.6 Å². The molecule has 0 aliphatic heterocycles. The van der Waals surface area contributed by atoms with Gasteiger partial charge < -0.3 is 15.0 Å². The smallest absolute Gasteiger partial charge is 0.262 e. The number of nitrogens with zero attached hydrogens (tertiary/aromatic N) is 1. The van der Waals surface area contributed by atoms with Crippen molar-refractivity contribution in [3.05, 3.63) is 74.8 Å². The Morgan fingerprint density at radius 3 is 2.56 bits per heavy atom. The predicted molar refractivity (Wildman–Crippen MR) is 130 cm³/mol. The van der Waals surface area contributed by atoms with E-state index in [1.165, 1.54) is 0 Å². The number of amides is 1. The van der Waals surface area contributed by atoms with Crippen LogP contribution in [0.25, 0.3) is 10.9 Å². The number of para-hydroxylation sites is 1. The molecular weight excluding hydrogens is 422 g/mol. The minimum atomic E-state index is -0.0674. The summed E-state index contributed by atoms with van der Waals surface area (Å²) in [4.78, 5) is 28.0. The first-order valence-corrected chi connectivity index (χ1v) is 11.5. The lowest BCUT2D eigenvalue weighted by Crippen LogP contribution is -2.23. The van der Waals surface area contributed by atoms with Crippen LogP contribution in [-0.4, -0.2) is 21.6 Å². The van der Waals surface area contributed by atoms with Gasteiger partial charge >= 0.3 is 0 Å². The lowest BCUT2D eigenvalue weighted by atomic mass is 10.1. The molecule has 3 aromatic rings. The molecular formula is C25H31N3O3S. The first-order valence-electron chi connectivity index (χ1n) is 11.1. The fraction of sp³-hybridized carbons (Fsp3) is 0.400. The van der Waals surface area contributed by atoms with Gasteiger partial charge in [-0.05, 0) is 62.2 Å². The number of hydrogen-bond acceptors (Lipinski definition) is 4. The summed E-state index contributed by atoms with van der Waals surface area (Å²) < 4.78 is 7.74. The summed E-state index contributed by atoms with van der Waals surface area (Å²) in [5.74, 6) is 0.0322. The summed E-state index contributed by atoms with van der Waals surface area (Å²) in [5.41, 5.74) is 2.86. The maximum atomic E-state index is 12.7. The van der Waals surface area contributed by atoms with Crippen molar-refractivity contribution in [2.24, 2.45) is 0 Å². The van der Waals surface area contributed by atoms with E-state index in [1.54, 1.807) is 10.6 Å². The monoisotopic (exact) mass is 453 g/mol. The standard InChI is InChI=1S/C25H31N3O3S/c1-18(2)31-17-20-11-6-5-10-19(20)16-26-23(29)14-4-3-9-15-28-24(30)21-12-7-8-13-22(21)27-25(28)32/h5-8,10-13,18H,3-4,9,14-17H2,1-2H3,(H,26,29)(H,27,32). The number of carbonyl (C=O) groups excluding carboxylic acids is 1. The second-order valence-corrected chi connectivity index (χ2v) is 8.54. The van der Waals surface area contributed by atoms with Crippen LogP contribution < -0.4 is 10.9 Å². The van der Waals surface area contributed by atoms with Gasteiger partial charge in [0, 0.05) is 19.5 Å². The summed E-state index contributed by atoms with van der Waals surface area (Å²) in [6.45, 7) is 5.60. The van der Waals surface area contributed by atoms with Crippen LogP contribution in [0.2, 0.25) is 0 Å². The number of fused-ring (bicyclic) bond motifs is 1. The number of nitrogens with one attached hydrogen (secondary N) is 2. The second kappa shape index (κ2) is 11.7. The van der Waals surface area contributed by atoms with Gasteiger partial charge in [0.1, 0.15) is 0 Å². The van der Waals surface area contributed by atoms with E-state index in [0.29, 0.717) is 36.3 Å². The summed E-state index contributed by atoms with van der Waals surface area (Å²) in [7, 11) is 0. The molecule has 0 saturated carbocycles. The summed E-state index contributed by atoms with van der Waals surface area (Å²) in [5, 5.41) is 3.64. The minimum absolute atomic E-state index is 0.0322. The largest absolute Gasteiger partial charge is 0.374 e. The van der Waals surface area contributed by atoms with Crippen LogP contribution in [0.15, 0.2) is 53.3 Å². The zero-order chi connectivity index (χ0) is 22.9. The maximum Gasteiger partial charge on any atom is 0.262 e. The Morgan fingerprint density at radius 1 is 1.06 bits per heavy atom. The van der Waals surface area contributed by atoms with Gasteiger partial charge in [0.2, 0.25) is 5.91 Å². The van der Waals surface area contributed by atoms with Gasteiger partial charge in [0.15, 0.2) is 4.77 Å². The van der Waals surface area contributed by atoms with Crippen molar-refractivity contribution in [3.63, 3.8) is 0 Å². The quantitative estimate of drug-likeness (QED) is 0.321. The van der Waals surface area contributed by atoms with Crippen molar-refractivity contribution in [2.75, 3.05) is 0 Å². The molecule has 32 heavy (non-hydrogen) atoms. The predicted octanol–water partition coefficient (Wildman–Crippen LogP) is 4.86. The maximum absolute atomic E-state index is 12.7. The van der Waals surface area contributed by atoms with Crippen LogP contribution in [0.5, 0.6) is 0 Å². The van der Waals surface area contributed by atoms with Gasteiger partial charge in [0.05, 0.1) is 23.6 Å². The number of ether oxygens (including phenoxy) is 1. The lowest BCUT2D eigenvalue weighted by Gasteiger charge is -2.13. The van der Waals surface area contributed by atoms with E-state index < -0.39 is 0 Å². The van der Waals surface area contributed by atoms with E-state index in [2.05, 4.69) is 10.3 Å². The van der Waals surface area contributed by atoms with Crippen LogP contribution in [0.3, 0.4) is 0 Å². The topological polar surface area (TPSA) is 76.1 Å². The van der Waals surface area contributed by atoms with Crippen molar-refractivity contribution in [1.29, 1.82) is 0 Å². The molecule has 3 rings (SSSR count). The first kappa shape index (κ1) is 23.9. The molecule has 0 saturated heterocycles. The highest BCUT2D eigenvalue weighted by molar-refractivity contribution is 7.71. The fourth-order valence-corrected chi connectivity index (χ4v) is 3.83. The van der Waals surface area contributed by atoms with Crippen LogP contribution in [0.1, 0.15) is 50.7 Å². The van der Waals surface area contributed by atoms with Crippen molar-refractivity contribution in [2.45, 2.75) is 65.3 Å². The summed E-state index contributed by atoms with van der Waals surface area (Å²) in [6, 6.07) is 15.4. The fourth-order valence-electron chi connectivity index (χ4n) is 3.54.